The molecule has 2 aromatic carbocycles. The zero-order valence-corrected chi connectivity index (χ0v) is 20.0. The van der Waals surface area contributed by atoms with Crippen molar-refractivity contribution in [2.24, 2.45) is 0 Å². The number of nitrogens with one attached hydrogen (secondary N) is 2. The van der Waals surface area contributed by atoms with E-state index in [2.05, 4.69) is 25.5 Å². The SMILES string of the molecule is COc1ccccc1OCC(=O)Nc1cc(C)nn1-c1nc2c(cnn2-c2ccc(Cl)cc2)c(=O)[nH]1. The summed E-state index contributed by atoms with van der Waals surface area (Å²) in [6.45, 7) is 1.49. The monoisotopic (exact) mass is 505 g/mol. The van der Waals surface area contributed by atoms with Gasteiger partial charge in [0.05, 0.1) is 24.7 Å². The molecule has 36 heavy (non-hydrogen) atoms. The molecule has 5 aromatic rings. The summed E-state index contributed by atoms with van der Waals surface area (Å²) < 4.78 is 13.7. The van der Waals surface area contributed by atoms with Crippen LogP contribution >= 0.6 is 11.6 Å². The summed E-state index contributed by atoms with van der Waals surface area (Å²) in [5.41, 5.74) is 1.20. The van der Waals surface area contributed by atoms with Crippen molar-refractivity contribution in [3.8, 4) is 23.1 Å². The van der Waals surface area contributed by atoms with Gasteiger partial charge in [0.2, 0.25) is 5.95 Å². The van der Waals surface area contributed by atoms with E-state index in [1.807, 2.05) is 0 Å². The van der Waals surface area contributed by atoms with Crippen LogP contribution in [0.5, 0.6) is 11.5 Å². The van der Waals surface area contributed by atoms with Gasteiger partial charge in [0, 0.05) is 11.1 Å². The van der Waals surface area contributed by atoms with Gasteiger partial charge in [-0.25, -0.2) is 4.68 Å². The van der Waals surface area contributed by atoms with Gasteiger partial charge in [-0.05, 0) is 43.3 Å². The van der Waals surface area contributed by atoms with Gasteiger partial charge in [-0.15, -0.1) is 0 Å². The number of aryl methyl sites for hydroxylation is 1. The lowest BCUT2D eigenvalue weighted by molar-refractivity contribution is -0.118. The van der Waals surface area contributed by atoms with E-state index in [9.17, 15) is 9.59 Å². The van der Waals surface area contributed by atoms with Crippen LogP contribution in [-0.4, -0.2) is 49.2 Å². The van der Waals surface area contributed by atoms with Gasteiger partial charge in [-0.3, -0.25) is 14.6 Å². The van der Waals surface area contributed by atoms with Crippen LogP contribution in [0.2, 0.25) is 5.02 Å². The standard InChI is InChI=1S/C24H20ClN7O4/c1-14-11-20(27-21(33)13-36-19-6-4-3-5-18(19)35-2)32(30-14)24-28-22-17(23(34)29-24)12-26-31(22)16-9-7-15(25)8-10-16/h3-12H,13H2,1-2H3,(H,27,33)(H,28,29,34). The number of hydrogen-bond donors (Lipinski definition) is 2. The molecule has 11 nitrogen and oxygen atoms in total. The maximum atomic E-state index is 12.8. The van der Waals surface area contributed by atoms with Crippen molar-refractivity contribution in [1.29, 1.82) is 0 Å². The van der Waals surface area contributed by atoms with E-state index >= 15 is 0 Å². The van der Waals surface area contributed by atoms with Crippen molar-refractivity contribution in [3.05, 3.63) is 81.9 Å². The number of anilines is 1. The molecule has 2 N–H and O–H groups in total. The maximum Gasteiger partial charge on any atom is 0.263 e. The largest absolute Gasteiger partial charge is 0.493 e. The number of hydrogen-bond acceptors (Lipinski definition) is 7. The molecule has 0 fully saturated rings. The molecule has 182 valence electrons. The number of aromatic nitrogens is 6. The minimum atomic E-state index is -0.434. The van der Waals surface area contributed by atoms with Crippen LogP contribution in [-0.2, 0) is 4.79 Å². The summed E-state index contributed by atoms with van der Waals surface area (Å²) in [4.78, 5) is 32.7. The highest BCUT2D eigenvalue weighted by Crippen LogP contribution is 2.26. The Morgan fingerprint density at radius 3 is 2.61 bits per heavy atom. The van der Waals surface area contributed by atoms with Gasteiger partial charge >= 0.3 is 0 Å². The number of H-pyrrole nitrogens is 1. The van der Waals surface area contributed by atoms with Gasteiger partial charge in [-0.1, -0.05) is 23.7 Å². The molecule has 0 saturated carbocycles. The zero-order chi connectivity index (χ0) is 25.2. The first-order valence-electron chi connectivity index (χ1n) is 10.8. The summed E-state index contributed by atoms with van der Waals surface area (Å²) in [5, 5.41) is 12.3. The molecular weight excluding hydrogens is 486 g/mol. The number of aromatic amines is 1. The molecule has 3 aromatic heterocycles. The summed E-state index contributed by atoms with van der Waals surface area (Å²) in [5.74, 6) is 0.931. The molecule has 0 aliphatic heterocycles. The van der Waals surface area contributed by atoms with E-state index in [0.717, 1.165) is 0 Å². The van der Waals surface area contributed by atoms with Crippen LogP contribution in [0.25, 0.3) is 22.7 Å². The molecule has 0 spiro atoms. The second kappa shape index (κ2) is 9.55. The van der Waals surface area contributed by atoms with Crippen molar-refractivity contribution < 1.29 is 14.3 Å². The quantitative estimate of drug-likeness (QED) is 0.347. The smallest absolute Gasteiger partial charge is 0.263 e. The molecule has 0 unspecified atom stereocenters. The molecular formula is C24H20ClN7O4. The number of rotatable bonds is 7. The fraction of sp³-hybridized carbons (Fsp3) is 0.125. The molecule has 0 atom stereocenters. The Morgan fingerprint density at radius 2 is 1.86 bits per heavy atom. The third kappa shape index (κ3) is 4.51. The molecule has 0 bridgehead atoms. The Hall–Kier alpha value is -4.64. The summed E-state index contributed by atoms with van der Waals surface area (Å²) in [6, 6.07) is 15.6. The number of ether oxygens (including phenoxy) is 2. The Morgan fingerprint density at radius 1 is 1.11 bits per heavy atom. The summed E-state index contributed by atoms with van der Waals surface area (Å²) >= 11 is 5.99. The lowest BCUT2D eigenvalue weighted by Gasteiger charge is -2.11. The van der Waals surface area contributed by atoms with Gasteiger partial charge in [0.25, 0.3) is 11.5 Å². The molecule has 12 heteroatoms. The number of benzene rings is 2. The van der Waals surface area contributed by atoms with Crippen molar-refractivity contribution in [1.82, 2.24) is 29.5 Å². The molecule has 0 aliphatic rings. The summed E-state index contributed by atoms with van der Waals surface area (Å²) in [6.07, 6.45) is 1.44. The average molecular weight is 506 g/mol. The second-order valence-corrected chi connectivity index (χ2v) is 8.17. The van der Waals surface area contributed by atoms with Crippen LogP contribution in [0.4, 0.5) is 5.82 Å². The van der Waals surface area contributed by atoms with Crippen LogP contribution in [0.1, 0.15) is 5.69 Å². The number of fused-ring (bicyclic) bond motifs is 1. The van der Waals surface area contributed by atoms with E-state index in [0.29, 0.717) is 44.8 Å². The van der Waals surface area contributed by atoms with E-state index in [4.69, 9.17) is 21.1 Å². The normalized spacial score (nSPS) is 11.0. The number of halogens is 1. The van der Waals surface area contributed by atoms with Gasteiger partial charge in [0.1, 0.15) is 11.2 Å². The fourth-order valence-electron chi connectivity index (χ4n) is 3.59. The molecule has 5 rings (SSSR count). The number of amides is 1. The van der Waals surface area contributed by atoms with E-state index in [1.54, 1.807) is 61.5 Å². The number of carbonyl (C=O) groups is 1. The topological polar surface area (TPSA) is 129 Å². The number of nitrogens with zero attached hydrogens (tertiary/aromatic N) is 5. The predicted molar refractivity (Wildman–Crippen MR) is 133 cm³/mol. The van der Waals surface area contributed by atoms with Crippen LogP contribution in [0.15, 0.2) is 65.6 Å². The Kier molecular flexibility index (Phi) is 6.13. The van der Waals surface area contributed by atoms with E-state index < -0.39 is 11.5 Å². The van der Waals surface area contributed by atoms with E-state index in [1.165, 1.54) is 22.7 Å². The van der Waals surface area contributed by atoms with Crippen molar-refractivity contribution in [3.63, 3.8) is 0 Å². The lowest BCUT2D eigenvalue weighted by Crippen LogP contribution is -2.23. The Labute approximate surface area is 209 Å². The highest BCUT2D eigenvalue weighted by atomic mass is 35.5. The Bertz CT molecular complexity index is 1620. The lowest BCUT2D eigenvalue weighted by atomic mass is 10.3. The van der Waals surface area contributed by atoms with Crippen LogP contribution in [0.3, 0.4) is 0 Å². The third-order valence-corrected chi connectivity index (χ3v) is 5.48. The first-order valence-corrected chi connectivity index (χ1v) is 11.2. The van der Waals surface area contributed by atoms with Crippen molar-refractivity contribution in [2.45, 2.75) is 6.92 Å². The van der Waals surface area contributed by atoms with Crippen molar-refractivity contribution in [2.75, 3.05) is 19.0 Å². The van der Waals surface area contributed by atoms with E-state index in [-0.39, 0.29) is 12.6 Å². The first-order chi connectivity index (χ1) is 17.4. The molecule has 3 heterocycles. The third-order valence-electron chi connectivity index (χ3n) is 5.22. The molecule has 0 radical (unpaired) electrons. The zero-order valence-electron chi connectivity index (χ0n) is 19.2. The molecule has 0 aliphatic carbocycles. The summed E-state index contributed by atoms with van der Waals surface area (Å²) in [7, 11) is 1.52. The van der Waals surface area contributed by atoms with Crippen molar-refractivity contribution >= 4 is 34.4 Å². The minimum Gasteiger partial charge on any atom is -0.493 e. The first kappa shape index (κ1) is 23.1. The molecule has 0 saturated heterocycles. The second-order valence-electron chi connectivity index (χ2n) is 7.73. The number of methoxy groups -OCH3 is 1. The predicted octanol–water partition coefficient (Wildman–Crippen LogP) is 3.28. The number of para-hydroxylation sites is 2. The minimum absolute atomic E-state index is 0.109. The Balaban J connectivity index is 1.44. The highest BCUT2D eigenvalue weighted by molar-refractivity contribution is 6.30. The van der Waals surface area contributed by atoms with Gasteiger partial charge < -0.3 is 14.8 Å². The van der Waals surface area contributed by atoms with Crippen LogP contribution < -0.4 is 20.3 Å². The molecule has 1 amide bonds. The maximum absolute atomic E-state index is 12.8. The van der Waals surface area contributed by atoms with Crippen LogP contribution in [0, 0.1) is 6.92 Å². The average Bonchev–Trinajstić information content (AvgIpc) is 3.47. The highest BCUT2D eigenvalue weighted by Gasteiger charge is 2.17. The number of carbonyl (C=O) groups excluding carboxylic acids is 1. The fourth-order valence-corrected chi connectivity index (χ4v) is 3.71. The van der Waals surface area contributed by atoms with Gasteiger partial charge in [0.15, 0.2) is 23.8 Å². The van der Waals surface area contributed by atoms with Gasteiger partial charge in [-0.2, -0.15) is 19.9 Å².